The summed E-state index contributed by atoms with van der Waals surface area (Å²) in [6.07, 6.45) is 2.87. The Morgan fingerprint density at radius 2 is 1.24 bits per heavy atom. The molecule has 10 heteroatoms. The van der Waals surface area contributed by atoms with Crippen LogP contribution in [0.1, 0.15) is 59.3 Å². The Hall–Kier alpha value is -5.06. The van der Waals surface area contributed by atoms with E-state index in [1.165, 1.54) is 19.4 Å². The fourth-order valence-electron chi connectivity index (χ4n) is 7.83. The van der Waals surface area contributed by atoms with Gasteiger partial charge < -0.3 is 28.4 Å². The second-order valence-electron chi connectivity index (χ2n) is 13.6. The van der Waals surface area contributed by atoms with Crippen LogP contribution in [0.2, 0.25) is 0 Å². The number of ether oxygens (including phenoxy) is 6. The summed E-state index contributed by atoms with van der Waals surface area (Å²) < 4.78 is 36.4. The highest BCUT2D eigenvalue weighted by Crippen LogP contribution is 2.52. The van der Waals surface area contributed by atoms with Gasteiger partial charge in [0.25, 0.3) is 0 Å². The molecule has 6 bridgehead atoms. The first-order chi connectivity index (χ1) is 24.6. The quantitative estimate of drug-likeness (QED) is 0.163. The first-order valence-electron chi connectivity index (χ1n) is 17.3. The Morgan fingerprint density at radius 3 is 1.88 bits per heavy atom. The molecule has 3 aliphatic heterocycles. The van der Waals surface area contributed by atoms with E-state index in [1.54, 1.807) is 21.3 Å². The summed E-state index contributed by atoms with van der Waals surface area (Å²) in [4.78, 5) is 29.6. The van der Waals surface area contributed by atoms with Crippen LogP contribution in [0.25, 0.3) is 11.1 Å². The molecule has 0 spiro atoms. The topological polar surface area (TPSA) is 96.0 Å². The molecule has 0 aromatic heterocycles. The monoisotopic (exact) mass is 692 g/mol. The number of methoxy groups -OCH3 is 3. The number of fused-ring (bicyclic) bond motifs is 6. The van der Waals surface area contributed by atoms with Crippen LogP contribution in [0.15, 0.2) is 54.6 Å². The number of esters is 2. The Kier molecular flexibility index (Phi) is 9.39. The van der Waals surface area contributed by atoms with Crippen LogP contribution in [0.4, 0.5) is 0 Å². The van der Waals surface area contributed by atoms with Crippen LogP contribution in [0, 0.1) is 0 Å². The number of likely N-dealkylation sites (N-methyl/N-ethyl adjacent to an activating group) is 2. The number of hydrogen-bond acceptors (Lipinski definition) is 10. The van der Waals surface area contributed by atoms with E-state index in [0.717, 1.165) is 64.9 Å². The standard InChI is InChI=1S/C41H44N2O8/c1-23(44)49-35-11-9-25-17-31(35)30-16-26(8-10-34(30)46-5)19-33-39-28(13-15-43(33)4)21-38(48-7)40(50-24(2)45)41(39)51-37-22-29-27(20-36(37)47-6)12-14-42(3)32(29)18-25/h8-11,16-17,20-22,32-33H,12-15,18-19H2,1-7H3/t32-,33+/m1/s1. The number of hydrogen-bond donors (Lipinski definition) is 0. The summed E-state index contributed by atoms with van der Waals surface area (Å²) >= 11 is 0. The lowest BCUT2D eigenvalue weighted by Crippen LogP contribution is -2.34. The Balaban J connectivity index is 1.54. The highest BCUT2D eigenvalue weighted by molar-refractivity contribution is 5.81. The van der Waals surface area contributed by atoms with E-state index in [-0.39, 0.29) is 17.8 Å². The van der Waals surface area contributed by atoms with Crippen LogP contribution in [-0.2, 0) is 35.3 Å². The minimum atomic E-state index is -0.482. The van der Waals surface area contributed by atoms with E-state index in [1.807, 2.05) is 24.3 Å². The Labute approximate surface area is 298 Å². The molecule has 0 radical (unpaired) electrons. The summed E-state index contributed by atoms with van der Waals surface area (Å²) in [5.41, 5.74) is 8.00. The van der Waals surface area contributed by atoms with Crippen LogP contribution in [0.3, 0.4) is 0 Å². The lowest BCUT2D eigenvalue weighted by atomic mass is 9.86. The van der Waals surface area contributed by atoms with E-state index in [9.17, 15) is 9.59 Å². The minimum absolute atomic E-state index is 0.00149. The third kappa shape index (κ3) is 6.50. The fourth-order valence-corrected chi connectivity index (χ4v) is 7.83. The van der Waals surface area contributed by atoms with Gasteiger partial charge in [-0.1, -0.05) is 12.1 Å². The lowest BCUT2D eigenvalue weighted by molar-refractivity contribution is -0.132. The maximum Gasteiger partial charge on any atom is 0.308 e. The smallest absolute Gasteiger partial charge is 0.308 e. The van der Waals surface area contributed by atoms with E-state index in [2.05, 4.69) is 54.2 Å². The third-order valence-electron chi connectivity index (χ3n) is 10.4. The highest BCUT2D eigenvalue weighted by atomic mass is 16.6. The molecule has 7 rings (SSSR count). The molecule has 0 fully saturated rings. The van der Waals surface area contributed by atoms with Gasteiger partial charge in [0.2, 0.25) is 5.75 Å². The summed E-state index contributed by atoms with van der Waals surface area (Å²) in [7, 11) is 9.09. The molecule has 10 nitrogen and oxygen atoms in total. The van der Waals surface area contributed by atoms with Gasteiger partial charge in [-0.15, -0.1) is 0 Å². The Bertz CT molecular complexity index is 2020. The molecular formula is C41H44N2O8. The van der Waals surface area contributed by atoms with Crippen molar-refractivity contribution in [2.45, 2.75) is 51.6 Å². The fraction of sp³-hybridized carbons (Fsp3) is 0.366. The number of nitrogens with zero attached hydrogens (tertiary/aromatic N) is 2. The molecular weight excluding hydrogens is 648 g/mol. The molecule has 3 heterocycles. The molecule has 266 valence electrons. The second-order valence-corrected chi connectivity index (χ2v) is 13.6. The van der Waals surface area contributed by atoms with Crippen LogP contribution in [0.5, 0.6) is 40.2 Å². The molecule has 51 heavy (non-hydrogen) atoms. The van der Waals surface area contributed by atoms with Crippen molar-refractivity contribution < 1.29 is 38.0 Å². The van der Waals surface area contributed by atoms with Crippen molar-refractivity contribution in [1.82, 2.24) is 9.80 Å². The molecule has 0 amide bonds. The van der Waals surface area contributed by atoms with Gasteiger partial charge in [-0.05, 0) is 110 Å². The zero-order valence-corrected chi connectivity index (χ0v) is 30.3. The van der Waals surface area contributed by atoms with Crippen molar-refractivity contribution in [1.29, 1.82) is 0 Å². The summed E-state index contributed by atoms with van der Waals surface area (Å²) in [5.74, 6) is 2.48. The second kappa shape index (κ2) is 13.9. The zero-order chi connectivity index (χ0) is 36.0. The lowest BCUT2D eigenvalue weighted by Gasteiger charge is -2.37. The van der Waals surface area contributed by atoms with E-state index in [0.29, 0.717) is 47.3 Å². The molecule has 3 aliphatic rings. The molecule has 0 aliphatic carbocycles. The van der Waals surface area contributed by atoms with Gasteiger partial charge in [0, 0.05) is 55.7 Å². The van der Waals surface area contributed by atoms with Crippen molar-refractivity contribution in [3.05, 3.63) is 88.0 Å². The summed E-state index contributed by atoms with van der Waals surface area (Å²) in [6.45, 7) is 4.45. The molecule has 4 aromatic rings. The van der Waals surface area contributed by atoms with Crippen LogP contribution < -0.4 is 28.4 Å². The maximum absolute atomic E-state index is 12.6. The predicted molar refractivity (Wildman–Crippen MR) is 193 cm³/mol. The molecule has 4 aromatic carbocycles. The highest BCUT2D eigenvalue weighted by Gasteiger charge is 2.35. The van der Waals surface area contributed by atoms with Gasteiger partial charge in [0.1, 0.15) is 11.5 Å². The number of carbonyl (C=O) groups is 2. The molecule has 0 saturated heterocycles. The van der Waals surface area contributed by atoms with Gasteiger partial charge in [-0.3, -0.25) is 19.4 Å². The van der Waals surface area contributed by atoms with Gasteiger partial charge in [0.15, 0.2) is 23.0 Å². The summed E-state index contributed by atoms with van der Waals surface area (Å²) in [5, 5.41) is 0. The molecule has 0 saturated carbocycles. The number of benzene rings is 4. The van der Waals surface area contributed by atoms with Crippen molar-refractivity contribution in [3.8, 4) is 51.4 Å². The average Bonchev–Trinajstić information content (AvgIpc) is 3.11. The average molecular weight is 693 g/mol. The van der Waals surface area contributed by atoms with Gasteiger partial charge >= 0.3 is 11.9 Å². The van der Waals surface area contributed by atoms with Crippen molar-refractivity contribution in [2.24, 2.45) is 0 Å². The van der Waals surface area contributed by atoms with Crippen LogP contribution in [-0.4, -0.2) is 70.3 Å². The van der Waals surface area contributed by atoms with E-state index >= 15 is 0 Å². The predicted octanol–water partition coefficient (Wildman–Crippen LogP) is 6.88. The zero-order valence-electron chi connectivity index (χ0n) is 30.3. The van der Waals surface area contributed by atoms with Crippen molar-refractivity contribution >= 4 is 11.9 Å². The first kappa shape index (κ1) is 34.4. The largest absolute Gasteiger partial charge is 0.496 e. The number of carbonyl (C=O) groups excluding carboxylic acids is 2. The maximum atomic E-state index is 12.6. The van der Waals surface area contributed by atoms with Crippen LogP contribution >= 0.6 is 0 Å². The van der Waals surface area contributed by atoms with Crippen molar-refractivity contribution in [2.75, 3.05) is 48.5 Å². The molecule has 2 atom stereocenters. The van der Waals surface area contributed by atoms with Gasteiger partial charge in [-0.2, -0.15) is 0 Å². The minimum Gasteiger partial charge on any atom is -0.496 e. The number of rotatable bonds is 5. The van der Waals surface area contributed by atoms with Crippen molar-refractivity contribution in [3.63, 3.8) is 0 Å². The summed E-state index contributed by atoms with van der Waals surface area (Å²) in [6, 6.07) is 18.1. The van der Waals surface area contributed by atoms with E-state index in [4.69, 9.17) is 28.4 Å². The molecule has 0 unspecified atom stereocenters. The van der Waals surface area contributed by atoms with E-state index < -0.39 is 11.9 Å². The molecule has 0 N–H and O–H groups in total. The third-order valence-corrected chi connectivity index (χ3v) is 10.4. The van der Waals surface area contributed by atoms with Gasteiger partial charge in [-0.25, -0.2) is 0 Å². The normalized spacial score (nSPS) is 18.2. The van der Waals surface area contributed by atoms with Gasteiger partial charge in [0.05, 0.1) is 21.3 Å². The first-order valence-corrected chi connectivity index (χ1v) is 17.3. The Morgan fingerprint density at radius 1 is 0.667 bits per heavy atom. The SMILES string of the molecule is COc1cc2c3cc1Oc1c(OC(C)=O)c(OC)cc4c1[C@H](Cc1ccc(OC)c(c1)-c1cc(ccc1OC(C)=O)C[C@H]3N(C)CC2)N(C)CC4.